The van der Waals surface area contributed by atoms with E-state index >= 15 is 0 Å². The predicted molar refractivity (Wildman–Crippen MR) is 94.9 cm³/mol. The number of hydrogen-bond acceptors (Lipinski definition) is 4. The second-order valence-electron chi connectivity index (χ2n) is 6.90. The number of aromatic nitrogens is 2. The van der Waals surface area contributed by atoms with Crippen molar-refractivity contribution in [1.29, 1.82) is 0 Å². The Morgan fingerprint density at radius 3 is 2.67 bits per heavy atom. The molecule has 0 saturated heterocycles. The quantitative estimate of drug-likeness (QED) is 0.754. The zero-order valence-corrected chi connectivity index (χ0v) is 14.9. The topological polar surface area (TPSA) is 63.2 Å². The number of nitrogens with one attached hydrogen (secondary N) is 1. The third kappa shape index (κ3) is 3.23. The molecule has 24 heavy (non-hydrogen) atoms. The molecule has 2 aromatic heterocycles. The number of nitrogens with zero attached hydrogens (tertiary/aromatic N) is 2. The van der Waals surface area contributed by atoms with Crippen molar-refractivity contribution in [2.75, 3.05) is 6.54 Å². The first-order chi connectivity index (χ1) is 11.3. The van der Waals surface area contributed by atoms with E-state index in [4.69, 9.17) is 4.42 Å². The number of fused-ring (bicyclic) bond motifs is 1. The van der Waals surface area contributed by atoms with E-state index in [-0.39, 0.29) is 6.04 Å². The molecule has 2 N–H and O–H groups in total. The van der Waals surface area contributed by atoms with Gasteiger partial charge in [-0.1, -0.05) is 0 Å². The third-order valence-electron chi connectivity index (χ3n) is 4.66. The Labute approximate surface area is 142 Å². The van der Waals surface area contributed by atoms with E-state index in [1.807, 2.05) is 20.2 Å². The average molecular weight is 327 g/mol. The predicted octanol–water partition coefficient (Wildman–Crippen LogP) is 3.34. The van der Waals surface area contributed by atoms with Gasteiger partial charge in [0.05, 0.1) is 12.2 Å². The molecule has 0 radical (unpaired) electrons. The highest BCUT2D eigenvalue weighted by molar-refractivity contribution is 5.79. The van der Waals surface area contributed by atoms with Crippen LogP contribution in [0.4, 0.5) is 0 Å². The molecule has 2 heterocycles. The number of benzene rings is 1. The fraction of sp³-hybridized carbons (Fsp3) is 0.421. The zero-order chi connectivity index (χ0) is 17.5. The summed E-state index contributed by atoms with van der Waals surface area (Å²) in [6, 6.07) is 6.29. The molecule has 128 valence electrons. The van der Waals surface area contributed by atoms with Gasteiger partial charge in [0.1, 0.15) is 16.9 Å². The summed E-state index contributed by atoms with van der Waals surface area (Å²) in [5.41, 5.74) is 3.20. The summed E-state index contributed by atoms with van der Waals surface area (Å²) in [7, 11) is 1.84. The molecule has 3 rings (SSSR count). The van der Waals surface area contributed by atoms with E-state index in [0.717, 1.165) is 22.3 Å². The Balaban J connectivity index is 1.74. The van der Waals surface area contributed by atoms with Gasteiger partial charge in [-0.15, -0.1) is 0 Å². The standard InChI is InChI=1S/C19H25N3O2/c1-12-6-15-8-17(24-18(15)7-13(12)2)14(3)20-11-19(4,23)16-9-21-22(5)10-16/h6-10,14,20,23H,11H2,1-5H3. The van der Waals surface area contributed by atoms with Crippen molar-refractivity contribution in [3.8, 4) is 0 Å². The van der Waals surface area contributed by atoms with Crippen molar-refractivity contribution in [1.82, 2.24) is 15.1 Å². The Morgan fingerprint density at radius 2 is 2.00 bits per heavy atom. The number of hydrogen-bond donors (Lipinski definition) is 2. The lowest BCUT2D eigenvalue weighted by Crippen LogP contribution is -2.36. The first-order valence-corrected chi connectivity index (χ1v) is 8.22. The van der Waals surface area contributed by atoms with Crippen molar-refractivity contribution in [2.24, 2.45) is 7.05 Å². The van der Waals surface area contributed by atoms with Crippen molar-refractivity contribution >= 4 is 11.0 Å². The van der Waals surface area contributed by atoms with Crippen LogP contribution in [0.5, 0.6) is 0 Å². The van der Waals surface area contributed by atoms with Crippen molar-refractivity contribution in [3.63, 3.8) is 0 Å². The maximum absolute atomic E-state index is 10.7. The van der Waals surface area contributed by atoms with Crippen LogP contribution in [0.2, 0.25) is 0 Å². The normalized spacial score (nSPS) is 15.6. The van der Waals surface area contributed by atoms with Gasteiger partial charge in [0, 0.05) is 30.7 Å². The fourth-order valence-corrected chi connectivity index (χ4v) is 2.79. The fourth-order valence-electron chi connectivity index (χ4n) is 2.79. The van der Waals surface area contributed by atoms with E-state index in [0.29, 0.717) is 6.54 Å². The van der Waals surface area contributed by atoms with Gasteiger partial charge in [-0.3, -0.25) is 4.68 Å². The summed E-state index contributed by atoms with van der Waals surface area (Å²) in [5.74, 6) is 0.872. The lowest BCUT2D eigenvalue weighted by Gasteiger charge is -2.24. The van der Waals surface area contributed by atoms with Crippen LogP contribution in [-0.2, 0) is 12.6 Å². The molecule has 5 nitrogen and oxygen atoms in total. The van der Waals surface area contributed by atoms with Gasteiger partial charge in [-0.05, 0) is 57.0 Å². The second kappa shape index (κ2) is 6.07. The van der Waals surface area contributed by atoms with Crippen LogP contribution >= 0.6 is 0 Å². The molecule has 0 spiro atoms. The highest BCUT2D eigenvalue weighted by Gasteiger charge is 2.26. The molecular weight excluding hydrogens is 302 g/mol. The van der Waals surface area contributed by atoms with E-state index in [9.17, 15) is 5.11 Å². The maximum atomic E-state index is 10.7. The molecule has 1 aromatic carbocycles. The molecule has 0 saturated carbocycles. The van der Waals surface area contributed by atoms with Crippen LogP contribution in [0, 0.1) is 13.8 Å². The van der Waals surface area contributed by atoms with E-state index in [2.05, 4.69) is 42.5 Å². The molecule has 5 heteroatoms. The van der Waals surface area contributed by atoms with Crippen molar-refractivity contribution < 1.29 is 9.52 Å². The lowest BCUT2D eigenvalue weighted by atomic mass is 9.99. The Morgan fingerprint density at radius 1 is 1.29 bits per heavy atom. The summed E-state index contributed by atoms with van der Waals surface area (Å²) in [5, 5.41) is 19.3. The number of aliphatic hydroxyl groups is 1. The van der Waals surface area contributed by atoms with E-state index < -0.39 is 5.60 Å². The smallest absolute Gasteiger partial charge is 0.134 e. The minimum Gasteiger partial charge on any atom is -0.459 e. The maximum Gasteiger partial charge on any atom is 0.134 e. The third-order valence-corrected chi connectivity index (χ3v) is 4.66. The van der Waals surface area contributed by atoms with Crippen LogP contribution in [0.1, 0.15) is 42.3 Å². The van der Waals surface area contributed by atoms with Crippen LogP contribution in [0.3, 0.4) is 0 Å². The molecule has 0 aliphatic carbocycles. The first kappa shape index (κ1) is 16.7. The van der Waals surface area contributed by atoms with Gasteiger partial charge in [0.25, 0.3) is 0 Å². The molecule has 0 amide bonds. The zero-order valence-electron chi connectivity index (χ0n) is 14.9. The van der Waals surface area contributed by atoms with Crippen LogP contribution in [0.25, 0.3) is 11.0 Å². The van der Waals surface area contributed by atoms with Gasteiger partial charge in [-0.25, -0.2) is 0 Å². The highest BCUT2D eigenvalue weighted by Crippen LogP contribution is 2.27. The van der Waals surface area contributed by atoms with Crippen molar-refractivity contribution in [3.05, 3.63) is 53.0 Å². The largest absolute Gasteiger partial charge is 0.459 e. The van der Waals surface area contributed by atoms with Gasteiger partial charge < -0.3 is 14.8 Å². The summed E-state index contributed by atoms with van der Waals surface area (Å²) in [6.07, 6.45) is 3.53. The van der Waals surface area contributed by atoms with E-state index in [1.54, 1.807) is 17.8 Å². The molecule has 3 aromatic rings. The minimum atomic E-state index is -0.984. The van der Waals surface area contributed by atoms with Gasteiger partial charge in [0.2, 0.25) is 0 Å². The second-order valence-corrected chi connectivity index (χ2v) is 6.90. The molecule has 0 bridgehead atoms. The van der Waals surface area contributed by atoms with Crippen LogP contribution in [0.15, 0.2) is 35.0 Å². The van der Waals surface area contributed by atoms with Crippen LogP contribution in [-0.4, -0.2) is 21.4 Å². The average Bonchev–Trinajstić information content (AvgIpc) is 3.12. The lowest BCUT2D eigenvalue weighted by molar-refractivity contribution is 0.0536. The molecule has 2 unspecified atom stereocenters. The van der Waals surface area contributed by atoms with Crippen LogP contribution < -0.4 is 5.32 Å². The summed E-state index contributed by atoms with van der Waals surface area (Å²) >= 11 is 0. The number of aryl methyl sites for hydroxylation is 3. The minimum absolute atomic E-state index is 0.00107. The molecular formula is C19H25N3O2. The summed E-state index contributed by atoms with van der Waals surface area (Å²) in [6.45, 7) is 8.43. The van der Waals surface area contributed by atoms with Gasteiger partial charge >= 0.3 is 0 Å². The summed E-state index contributed by atoms with van der Waals surface area (Å²) in [4.78, 5) is 0. The Kier molecular flexibility index (Phi) is 4.24. The van der Waals surface area contributed by atoms with E-state index in [1.165, 1.54) is 11.1 Å². The molecule has 0 aliphatic rings. The number of furan rings is 1. The molecule has 0 aliphatic heterocycles. The monoisotopic (exact) mass is 327 g/mol. The van der Waals surface area contributed by atoms with Gasteiger partial charge in [0.15, 0.2) is 0 Å². The Bertz CT molecular complexity index is 822. The molecule has 2 atom stereocenters. The highest BCUT2D eigenvalue weighted by atomic mass is 16.3. The number of rotatable bonds is 5. The summed E-state index contributed by atoms with van der Waals surface area (Å²) < 4.78 is 7.67. The van der Waals surface area contributed by atoms with Crippen molar-refractivity contribution in [2.45, 2.75) is 39.3 Å². The van der Waals surface area contributed by atoms with Gasteiger partial charge in [-0.2, -0.15) is 5.10 Å². The molecule has 0 fully saturated rings. The SMILES string of the molecule is Cc1cc2cc(C(C)NCC(C)(O)c3cnn(C)c3)oc2cc1C. The first-order valence-electron chi connectivity index (χ1n) is 8.22. The Hall–Kier alpha value is -2.11.